The summed E-state index contributed by atoms with van der Waals surface area (Å²) in [5.74, 6) is 0. The van der Waals surface area contributed by atoms with Crippen LogP contribution in [0.5, 0.6) is 0 Å². The minimum atomic E-state index is 1.26. The maximum absolute atomic E-state index is 2.27. The molecule has 0 atom stereocenters. The van der Waals surface area contributed by atoms with Crippen molar-refractivity contribution in [2.45, 2.75) is 13.8 Å². The molecule has 0 saturated heterocycles. The first-order valence-corrected chi connectivity index (χ1v) is 6.95. The molecule has 100 valence electrons. The van der Waals surface area contributed by atoms with Crippen molar-refractivity contribution in [1.29, 1.82) is 0 Å². The van der Waals surface area contributed by atoms with Crippen molar-refractivity contribution in [2.75, 3.05) is 11.9 Å². The lowest BCUT2D eigenvalue weighted by Gasteiger charge is -2.24. The third-order valence-electron chi connectivity index (χ3n) is 3.90. The quantitative estimate of drug-likeness (QED) is 0.611. The van der Waals surface area contributed by atoms with E-state index in [0.29, 0.717) is 0 Å². The summed E-state index contributed by atoms with van der Waals surface area (Å²) in [7, 11) is 2.14. The molecule has 0 bridgehead atoms. The molecule has 3 aromatic carbocycles. The van der Waals surface area contributed by atoms with Crippen molar-refractivity contribution in [1.82, 2.24) is 0 Å². The zero-order valence-electron chi connectivity index (χ0n) is 12.2. The molecule has 3 rings (SSSR count). The van der Waals surface area contributed by atoms with Crippen LogP contribution in [0.4, 0.5) is 11.4 Å². The van der Waals surface area contributed by atoms with Crippen molar-refractivity contribution < 1.29 is 0 Å². The van der Waals surface area contributed by atoms with Gasteiger partial charge in [0.15, 0.2) is 0 Å². The topological polar surface area (TPSA) is 3.24 Å². The van der Waals surface area contributed by atoms with Gasteiger partial charge in [-0.15, -0.1) is 0 Å². The number of fused-ring (bicyclic) bond motifs is 1. The summed E-state index contributed by atoms with van der Waals surface area (Å²) in [4.78, 5) is 2.27. The lowest BCUT2D eigenvalue weighted by Crippen LogP contribution is -2.12. The minimum absolute atomic E-state index is 1.26. The van der Waals surface area contributed by atoms with Crippen LogP contribution >= 0.6 is 0 Å². The number of aryl methyl sites for hydroxylation is 2. The number of para-hydroxylation sites is 1. The van der Waals surface area contributed by atoms with E-state index in [-0.39, 0.29) is 0 Å². The van der Waals surface area contributed by atoms with Gasteiger partial charge in [-0.3, -0.25) is 0 Å². The molecule has 0 aliphatic rings. The molecule has 0 aliphatic heterocycles. The first kappa shape index (κ1) is 12.7. The number of anilines is 2. The summed E-state index contributed by atoms with van der Waals surface area (Å²) in [6.45, 7) is 4.33. The Morgan fingerprint density at radius 1 is 0.650 bits per heavy atom. The molecule has 1 nitrogen and oxygen atoms in total. The summed E-state index contributed by atoms with van der Waals surface area (Å²) < 4.78 is 0. The van der Waals surface area contributed by atoms with Crippen LogP contribution in [-0.2, 0) is 0 Å². The van der Waals surface area contributed by atoms with Crippen molar-refractivity contribution in [3.8, 4) is 0 Å². The van der Waals surface area contributed by atoms with E-state index in [9.17, 15) is 0 Å². The zero-order chi connectivity index (χ0) is 14.1. The standard InChI is InChI=1S/C19H19N/c1-14-8-4-7-11-18(14)20(3)19-13-17-10-6-5-9-16(17)12-15(19)2/h4-13H,1-3H3. The number of benzene rings is 3. The van der Waals surface area contributed by atoms with Crippen LogP contribution in [0.2, 0.25) is 0 Å². The lowest BCUT2D eigenvalue weighted by atomic mass is 10.0. The molecule has 0 spiro atoms. The number of rotatable bonds is 2. The minimum Gasteiger partial charge on any atom is -0.344 e. The molecule has 20 heavy (non-hydrogen) atoms. The van der Waals surface area contributed by atoms with Crippen LogP contribution in [0.1, 0.15) is 11.1 Å². The molecule has 0 saturated carbocycles. The highest BCUT2D eigenvalue weighted by Crippen LogP contribution is 2.32. The molecular formula is C19H19N. The van der Waals surface area contributed by atoms with Gasteiger partial charge in [-0.1, -0.05) is 42.5 Å². The molecule has 0 unspecified atom stereocenters. The van der Waals surface area contributed by atoms with Gasteiger partial charge in [0.25, 0.3) is 0 Å². The van der Waals surface area contributed by atoms with E-state index in [4.69, 9.17) is 0 Å². The van der Waals surface area contributed by atoms with Gasteiger partial charge in [0.05, 0.1) is 0 Å². The maximum atomic E-state index is 2.27. The summed E-state index contributed by atoms with van der Waals surface area (Å²) >= 11 is 0. The fraction of sp³-hybridized carbons (Fsp3) is 0.158. The molecule has 1 heteroatoms. The fourth-order valence-corrected chi connectivity index (χ4v) is 2.77. The normalized spacial score (nSPS) is 10.8. The van der Waals surface area contributed by atoms with Crippen LogP contribution in [-0.4, -0.2) is 7.05 Å². The predicted octanol–water partition coefficient (Wildman–Crippen LogP) is 5.22. The highest BCUT2D eigenvalue weighted by atomic mass is 15.1. The van der Waals surface area contributed by atoms with Crippen molar-refractivity contribution in [3.63, 3.8) is 0 Å². The number of hydrogen-bond acceptors (Lipinski definition) is 1. The molecule has 0 aliphatic carbocycles. The van der Waals surface area contributed by atoms with E-state index in [1.54, 1.807) is 0 Å². The molecule has 3 aromatic rings. The predicted molar refractivity (Wildman–Crippen MR) is 87.9 cm³/mol. The van der Waals surface area contributed by atoms with Gasteiger partial charge in [0.1, 0.15) is 0 Å². The smallest absolute Gasteiger partial charge is 0.0444 e. The first-order chi connectivity index (χ1) is 9.66. The second kappa shape index (κ2) is 5.01. The lowest BCUT2D eigenvalue weighted by molar-refractivity contribution is 1.17. The zero-order valence-corrected chi connectivity index (χ0v) is 12.2. The van der Waals surface area contributed by atoms with Crippen LogP contribution in [0.15, 0.2) is 60.7 Å². The summed E-state index contributed by atoms with van der Waals surface area (Å²) in [6, 6.07) is 21.6. The van der Waals surface area contributed by atoms with E-state index in [0.717, 1.165) is 0 Å². The van der Waals surface area contributed by atoms with Crippen molar-refractivity contribution in [2.24, 2.45) is 0 Å². The maximum Gasteiger partial charge on any atom is 0.0444 e. The van der Waals surface area contributed by atoms with Crippen molar-refractivity contribution in [3.05, 3.63) is 71.8 Å². The Balaban J connectivity index is 2.14. The highest BCUT2D eigenvalue weighted by molar-refractivity contribution is 5.88. The Morgan fingerprint density at radius 2 is 1.25 bits per heavy atom. The van der Waals surface area contributed by atoms with Gasteiger partial charge in [-0.05, 0) is 53.9 Å². The van der Waals surface area contributed by atoms with E-state index < -0.39 is 0 Å². The average Bonchev–Trinajstić information content (AvgIpc) is 2.46. The highest BCUT2D eigenvalue weighted by Gasteiger charge is 2.10. The van der Waals surface area contributed by atoms with E-state index in [1.165, 1.54) is 33.3 Å². The summed E-state index contributed by atoms with van der Waals surface area (Å²) in [5.41, 5.74) is 5.11. The molecule has 0 aromatic heterocycles. The van der Waals surface area contributed by atoms with Crippen LogP contribution in [0.25, 0.3) is 10.8 Å². The van der Waals surface area contributed by atoms with Crippen LogP contribution in [0.3, 0.4) is 0 Å². The van der Waals surface area contributed by atoms with E-state index in [1.807, 2.05) is 0 Å². The van der Waals surface area contributed by atoms with Crippen LogP contribution in [0, 0.1) is 13.8 Å². The van der Waals surface area contributed by atoms with Gasteiger partial charge < -0.3 is 4.90 Å². The SMILES string of the molecule is Cc1ccccc1N(C)c1cc2ccccc2cc1C. The Kier molecular flexibility index (Phi) is 3.19. The fourth-order valence-electron chi connectivity index (χ4n) is 2.77. The third kappa shape index (κ3) is 2.16. The van der Waals surface area contributed by atoms with Gasteiger partial charge in [0, 0.05) is 18.4 Å². The largest absolute Gasteiger partial charge is 0.344 e. The van der Waals surface area contributed by atoms with Crippen molar-refractivity contribution >= 4 is 22.1 Å². The summed E-state index contributed by atoms with van der Waals surface area (Å²) in [6.07, 6.45) is 0. The Morgan fingerprint density at radius 3 is 1.95 bits per heavy atom. The monoisotopic (exact) mass is 261 g/mol. The van der Waals surface area contributed by atoms with Gasteiger partial charge in [0.2, 0.25) is 0 Å². The van der Waals surface area contributed by atoms with Gasteiger partial charge in [-0.2, -0.15) is 0 Å². The molecule has 0 heterocycles. The molecule has 0 amide bonds. The Hall–Kier alpha value is -2.28. The molecule has 0 fully saturated rings. The first-order valence-electron chi connectivity index (χ1n) is 6.95. The molecule has 0 N–H and O–H groups in total. The Labute approximate surface area is 120 Å². The van der Waals surface area contributed by atoms with E-state index in [2.05, 4.69) is 86.5 Å². The second-order valence-corrected chi connectivity index (χ2v) is 5.33. The average molecular weight is 261 g/mol. The Bertz CT molecular complexity index is 759. The van der Waals surface area contributed by atoms with Gasteiger partial charge >= 0.3 is 0 Å². The second-order valence-electron chi connectivity index (χ2n) is 5.33. The van der Waals surface area contributed by atoms with E-state index >= 15 is 0 Å². The number of nitrogens with zero attached hydrogens (tertiary/aromatic N) is 1. The number of hydrogen-bond donors (Lipinski definition) is 0. The molecule has 0 radical (unpaired) electrons. The molecular weight excluding hydrogens is 242 g/mol. The summed E-state index contributed by atoms with van der Waals surface area (Å²) in [5, 5.41) is 2.58. The third-order valence-corrected chi connectivity index (χ3v) is 3.90. The van der Waals surface area contributed by atoms with Crippen LogP contribution < -0.4 is 4.90 Å². The van der Waals surface area contributed by atoms with Gasteiger partial charge in [-0.25, -0.2) is 0 Å².